The summed E-state index contributed by atoms with van der Waals surface area (Å²) in [5, 5.41) is 11.5. The third-order valence-corrected chi connectivity index (χ3v) is 3.54. The highest BCUT2D eigenvalue weighted by molar-refractivity contribution is 5.81. The summed E-state index contributed by atoms with van der Waals surface area (Å²) in [5.74, 6) is 0.422. The minimum absolute atomic E-state index is 0.196. The smallest absolute Gasteiger partial charge is 0.222 e. The molecule has 1 aliphatic carbocycles. The van der Waals surface area contributed by atoms with Gasteiger partial charge < -0.3 is 15.8 Å². The lowest BCUT2D eigenvalue weighted by molar-refractivity contribution is -0.131. The number of hydrogen-bond acceptors (Lipinski definition) is 3. The zero-order valence-electron chi connectivity index (χ0n) is 12.0. The first-order valence-electron chi connectivity index (χ1n) is 7.45. The van der Waals surface area contributed by atoms with Gasteiger partial charge in [-0.05, 0) is 19.3 Å². The number of nitrogens with zero attached hydrogens (tertiary/aromatic N) is 2. The van der Waals surface area contributed by atoms with E-state index in [-0.39, 0.29) is 11.7 Å². The van der Waals surface area contributed by atoms with Gasteiger partial charge in [-0.25, -0.2) is 0 Å². The minimum atomic E-state index is 0.196. The molecule has 0 aromatic rings. The van der Waals surface area contributed by atoms with Crippen LogP contribution in [0.15, 0.2) is 5.16 Å². The van der Waals surface area contributed by atoms with Crippen LogP contribution in [0.3, 0.4) is 0 Å². The first-order chi connectivity index (χ1) is 9.19. The average Bonchev–Trinajstić information content (AvgIpc) is 3.23. The lowest BCUT2D eigenvalue weighted by Crippen LogP contribution is -2.35. The molecule has 0 unspecified atom stereocenters. The van der Waals surface area contributed by atoms with E-state index < -0.39 is 0 Å². The van der Waals surface area contributed by atoms with Gasteiger partial charge in [-0.15, -0.1) is 0 Å². The molecule has 1 fully saturated rings. The number of rotatable bonds is 10. The Morgan fingerprint density at radius 1 is 1.26 bits per heavy atom. The highest BCUT2D eigenvalue weighted by Crippen LogP contribution is 2.27. The quantitative estimate of drug-likeness (QED) is 0.210. The van der Waals surface area contributed by atoms with E-state index in [9.17, 15) is 4.79 Å². The molecule has 0 bridgehead atoms. The van der Waals surface area contributed by atoms with E-state index in [1.807, 2.05) is 4.90 Å². The van der Waals surface area contributed by atoms with Gasteiger partial charge in [-0.2, -0.15) is 0 Å². The Kier molecular flexibility index (Phi) is 7.30. The molecule has 3 N–H and O–H groups in total. The van der Waals surface area contributed by atoms with Crippen LogP contribution in [0, 0.1) is 0 Å². The van der Waals surface area contributed by atoms with Crippen LogP contribution in [0.1, 0.15) is 64.7 Å². The topological polar surface area (TPSA) is 78.9 Å². The van der Waals surface area contributed by atoms with Crippen molar-refractivity contribution in [3.05, 3.63) is 0 Å². The number of carbonyl (C=O) groups is 1. The van der Waals surface area contributed by atoms with Gasteiger partial charge in [0.25, 0.3) is 0 Å². The molecular formula is C14H27N3O2. The summed E-state index contributed by atoms with van der Waals surface area (Å²) in [5.41, 5.74) is 5.46. The van der Waals surface area contributed by atoms with E-state index in [0.717, 1.165) is 25.7 Å². The summed E-state index contributed by atoms with van der Waals surface area (Å²) in [6, 6.07) is 0.398. The molecule has 1 rings (SSSR count). The van der Waals surface area contributed by atoms with Crippen molar-refractivity contribution in [3.8, 4) is 0 Å². The van der Waals surface area contributed by atoms with E-state index >= 15 is 0 Å². The van der Waals surface area contributed by atoms with Crippen molar-refractivity contribution in [2.75, 3.05) is 6.54 Å². The average molecular weight is 269 g/mol. The van der Waals surface area contributed by atoms with E-state index in [1.54, 1.807) is 0 Å². The second-order valence-electron chi connectivity index (χ2n) is 5.32. The lowest BCUT2D eigenvalue weighted by Gasteiger charge is -2.22. The van der Waals surface area contributed by atoms with Gasteiger partial charge in [0.1, 0.15) is 5.84 Å². The van der Waals surface area contributed by atoms with Crippen LogP contribution >= 0.6 is 0 Å². The van der Waals surface area contributed by atoms with Gasteiger partial charge in [-0.3, -0.25) is 4.79 Å². The Morgan fingerprint density at radius 3 is 2.53 bits per heavy atom. The highest BCUT2D eigenvalue weighted by Gasteiger charge is 2.31. The first kappa shape index (κ1) is 15.8. The summed E-state index contributed by atoms with van der Waals surface area (Å²) in [4.78, 5) is 14.1. The molecule has 1 aliphatic rings. The fraction of sp³-hybridized carbons (Fsp3) is 0.857. The summed E-state index contributed by atoms with van der Waals surface area (Å²) in [7, 11) is 0. The van der Waals surface area contributed by atoms with E-state index in [2.05, 4.69) is 12.1 Å². The van der Waals surface area contributed by atoms with Gasteiger partial charge in [-0.1, -0.05) is 37.8 Å². The molecule has 1 saturated carbocycles. The Morgan fingerprint density at radius 2 is 1.95 bits per heavy atom. The van der Waals surface area contributed by atoms with Crippen LogP contribution in [0.4, 0.5) is 0 Å². The molecule has 0 saturated heterocycles. The molecule has 110 valence electrons. The monoisotopic (exact) mass is 269 g/mol. The van der Waals surface area contributed by atoms with Crippen LogP contribution in [0.5, 0.6) is 0 Å². The Balaban J connectivity index is 2.24. The first-order valence-corrected chi connectivity index (χ1v) is 7.45. The Hall–Kier alpha value is -1.26. The molecule has 0 radical (unpaired) electrons. The second-order valence-corrected chi connectivity index (χ2v) is 5.32. The van der Waals surface area contributed by atoms with Crippen LogP contribution in [-0.2, 0) is 4.79 Å². The summed E-state index contributed by atoms with van der Waals surface area (Å²) in [6.45, 7) is 2.77. The number of amidine groups is 1. The number of hydrogen-bond donors (Lipinski definition) is 2. The SMILES string of the molecule is CCCCCCCC(=O)N(CC/C(N)=N/O)C1CC1. The molecular weight excluding hydrogens is 242 g/mol. The Bertz CT molecular complexity index is 301. The molecule has 5 heteroatoms. The van der Waals surface area contributed by atoms with Crippen molar-refractivity contribution >= 4 is 11.7 Å². The van der Waals surface area contributed by atoms with Crippen molar-refractivity contribution in [2.24, 2.45) is 10.9 Å². The summed E-state index contributed by atoms with van der Waals surface area (Å²) in [6.07, 6.45) is 9.09. The normalized spacial score (nSPS) is 15.5. The third kappa shape index (κ3) is 6.45. The molecule has 5 nitrogen and oxygen atoms in total. The maximum absolute atomic E-state index is 12.1. The van der Waals surface area contributed by atoms with E-state index in [0.29, 0.717) is 25.4 Å². The van der Waals surface area contributed by atoms with E-state index in [1.165, 1.54) is 19.3 Å². The molecule has 19 heavy (non-hydrogen) atoms. The maximum Gasteiger partial charge on any atom is 0.222 e. The highest BCUT2D eigenvalue weighted by atomic mass is 16.4. The number of nitrogens with two attached hydrogens (primary N) is 1. The van der Waals surface area contributed by atoms with Crippen molar-refractivity contribution < 1.29 is 10.0 Å². The van der Waals surface area contributed by atoms with Crippen molar-refractivity contribution in [3.63, 3.8) is 0 Å². The van der Waals surface area contributed by atoms with Crippen LogP contribution in [-0.4, -0.2) is 34.4 Å². The standard InChI is InChI=1S/C14H27N3O2/c1-2-3-4-5-6-7-14(18)17(12-8-9-12)11-10-13(15)16-19/h12,19H,2-11H2,1H3,(H2,15,16). The van der Waals surface area contributed by atoms with Crippen molar-refractivity contribution in [1.29, 1.82) is 0 Å². The zero-order valence-corrected chi connectivity index (χ0v) is 12.0. The lowest BCUT2D eigenvalue weighted by atomic mass is 10.1. The molecule has 0 heterocycles. The number of oxime groups is 1. The number of carbonyl (C=O) groups excluding carboxylic acids is 1. The maximum atomic E-state index is 12.1. The van der Waals surface area contributed by atoms with Gasteiger partial charge in [0.15, 0.2) is 0 Å². The summed E-state index contributed by atoms with van der Waals surface area (Å²) >= 11 is 0. The van der Waals surface area contributed by atoms with Crippen LogP contribution in [0.25, 0.3) is 0 Å². The Labute approximate surface area is 115 Å². The van der Waals surface area contributed by atoms with Crippen LogP contribution < -0.4 is 5.73 Å². The van der Waals surface area contributed by atoms with Crippen LogP contribution in [0.2, 0.25) is 0 Å². The van der Waals surface area contributed by atoms with Crippen molar-refractivity contribution in [2.45, 2.75) is 70.8 Å². The largest absolute Gasteiger partial charge is 0.409 e. The predicted octanol–water partition coefficient (Wildman–Crippen LogP) is 2.47. The summed E-state index contributed by atoms with van der Waals surface area (Å²) < 4.78 is 0. The predicted molar refractivity (Wildman–Crippen MR) is 76.1 cm³/mol. The molecule has 0 atom stereocenters. The minimum Gasteiger partial charge on any atom is -0.409 e. The van der Waals surface area contributed by atoms with Gasteiger partial charge in [0.05, 0.1) is 0 Å². The fourth-order valence-electron chi connectivity index (χ4n) is 2.21. The molecule has 0 aromatic carbocycles. The van der Waals surface area contributed by atoms with E-state index in [4.69, 9.17) is 10.9 Å². The number of unbranched alkanes of at least 4 members (excludes halogenated alkanes) is 4. The van der Waals surface area contributed by atoms with Gasteiger partial charge in [0, 0.05) is 25.4 Å². The zero-order chi connectivity index (χ0) is 14.1. The third-order valence-electron chi connectivity index (χ3n) is 3.54. The van der Waals surface area contributed by atoms with Gasteiger partial charge in [0.2, 0.25) is 5.91 Å². The van der Waals surface area contributed by atoms with Gasteiger partial charge >= 0.3 is 0 Å². The van der Waals surface area contributed by atoms with Crippen molar-refractivity contribution in [1.82, 2.24) is 4.90 Å². The molecule has 1 amide bonds. The molecule has 0 aromatic heterocycles. The molecule has 0 spiro atoms. The second kappa shape index (κ2) is 8.77. The molecule has 0 aliphatic heterocycles. The number of amides is 1. The fourth-order valence-corrected chi connectivity index (χ4v) is 2.21.